The zero-order valence-corrected chi connectivity index (χ0v) is 20.7. The van der Waals surface area contributed by atoms with Gasteiger partial charge in [0.05, 0.1) is 16.9 Å². The van der Waals surface area contributed by atoms with Crippen LogP contribution in [-0.2, 0) is 14.8 Å². The molecule has 0 aliphatic carbocycles. The fourth-order valence-electron chi connectivity index (χ4n) is 3.83. The number of sulfonamides is 1. The third-order valence-corrected chi connectivity index (χ3v) is 7.82. The molecule has 0 aromatic heterocycles. The number of hydrogen-bond donors (Lipinski definition) is 0. The number of benzene rings is 2. The molecule has 3 rings (SSSR count). The van der Waals surface area contributed by atoms with Crippen molar-refractivity contribution in [2.24, 2.45) is 0 Å². The molecule has 0 saturated carbocycles. The average Bonchev–Trinajstić information content (AvgIpc) is 2.86. The third kappa shape index (κ3) is 6.87. The maximum Gasteiger partial charge on any atom is 0.269 e. The van der Waals surface area contributed by atoms with Crippen molar-refractivity contribution < 1.29 is 22.9 Å². The molecule has 0 spiro atoms. The molecule has 0 atom stereocenters. The molecule has 2 aromatic rings. The van der Waals surface area contributed by atoms with Gasteiger partial charge in [0.1, 0.15) is 5.75 Å². The van der Waals surface area contributed by atoms with Crippen LogP contribution in [0.15, 0.2) is 59.5 Å². The Hall–Kier alpha value is -3.28. The summed E-state index contributed by atoms with van der Waals surface area (Å²) in [4.78, 5) is 26.3. The monoisotopic (exact) mass is 502 g/mol. The lowest BCUT2D eigenvalue weighted by Gasteiger charge is -2.35. The first-order chi connectivity index (χ1) is 16.7. The fraction of sp³-hybridized carbons (Fsp3) is 0.375. The summed E-state index contributed by atoms with van der Waals surface area (Å²) in [5.41, 5.74) is 0.783. The molecule has 1 fully saturated rings. The molecule has 1 aliphatic rings. The van der Waals surface area contributed by atoms with E-state index < -0.39 is 14.9 Å². The highest BCUT2D eigenvalue weighted by atomic mass is 32.2. The van der Waals surface area contributed by atoms with E-state index in [1.165, 1.54) is 35.5 Å². The molecule has 0 unspecified atom stereocenters. The Morgan fingerprint density at radius 3 is 2.37 bits per heavy atom. The van der Waals surface area contributed by atoms with Crippen LogP contribution in [0, 0.1) is 10.1 Å². The third-order valence-electron chi connectivity index (χ3n) is 5.91. The van der Waals surface area contributed by atoms with Crippen molar-refractivity contribution >= 4 is 27.7 Å². The number of piperazine rings is 1. The van der Waals surface area contributed by atoms with Crippen LogP contribution in [0.4, 0.5) is 5.69 Å². The summed E-state index contributed by atoms with van der Waals surface area (Å²) >= 11 is 0. The first-order valence-electron chi connectivity index (χ1n) is 11.2. The Labute approximate surface area is 205 Å². The van der Waals surface area contributed by atoms with E-state index in [9.17, 15) is 23.3 Å². The number of methoxy groups -OCH3 is 1. The zero-order chi connectivity index (χ0) is 25.4. The standard InChI is InChI=1S/C24H30N4O6S/c1-20(29)26(13-5-7-21-6-3-4-8-24(21)34-2)17-14-25-15-18-27(19-16-25)35(32,33)23-11-9-22(10-12-23)28(30)31/h3-12H,13-19H2,1-2H3/b7-5+. The van der Waals surface area contributed by atoms with Gasteiger partial charge >= 0.3 is 0 Å². The molecule has 1 heterocycles. The Morgan fingerprint density at radius 1 is 1.11 bits per heavy atom. The number of nitro benzene ring substituents is 1. The molecule has 1 saturated heterocycles. The second-order valence-electron chi connectivity index (χ2n) is 8.11. The van der Waals surface area contributed by atoms with Crippen molar-refractivity contribution in [3.63, 3.8) is 0 Å². The van der Waals surface area contributed by atoms with Gasteiger partial charge < -0.3 is 9.64 Å². The summed E-state index contributed by atoms with van der Waals surface area (Å²) in [6, 6.07) is 12.6. The number of carbonyl (C=O) groups excluding carboxylic acids is 1. The molecule has 1 amide bonds. The van der Waals surface area contributed by atoms with Crippen LogP contribution >= 0.6 is 0 Å². The van der Waals surface area contributed by atoms with Gasteiger partial charge in [0, 0.05) is 70.4 Å². The average molecular weight is 503 g/mol. The van der Waals surface area contributed by atoms with Crippen LogP contribution in [0.3, 0.4) is 0 Å². The summed E-state index contributed by atoms with van der Waals surface area (Å²) in [6.07, 6.45) is 3.85. The number of carbonyl (C=O) groups is 1. The number of nitro groups is 1. The number of nitrogens with zero attached hydrogens (tertiary/aromatic N) is 4. The predicted molar refractivity (Wildman–Crippen MR) is 133 cm³/mol. The number of hydrogen-bond acceptors (Lipinski definition) is 7. The second-order valence-corrected chi connectivity index (χ2v) is 10.0. The Bertz CT molecular complexity index is 1160. The van der Waals surface area contributed by atoms with Gasteiger partial charge in [-0.3, -0.25) is 19.8 Å². The lowest BCUT2D eigenvalue weighted by Crippen LogP contribution is -2.50. The Morgan fingerprint density at radius 2 is 1.77 bits per heavy atom. The summed E-state index contributed by atoms with van der Waals surface area (Å²) in [5.74, 6) is 0.730. The van der Waals surface area contributed by atoms with E-state index in [2.05, 4.69) is 4.90 Å². The molecule has 188 valence electrons. The minimum Gasteiger partial charge on any atom is -0.496 e. The minimum atomic E-state index is -3.72. The normalized spacial score (nSPS) is 15.3. The molecule has 11 heteroatoms. The van der Waals surface area contributed by atoms with E-state index in [0.717, 1.165) is 11.3 Å². The van der Waals surface area contributed by atoms with Crippen LogP contribution in [0.5, 0.6) is 5.75 Å². The summed E-state index contributed by atoms with van der Waals surface area (Å²) < 4.78 is 32.5. The molecule has 0 N–H and O–H groups in total. The largest absolute Gasteiger partial charge is 0.496 e. The highest BCUT2D eigenvalue weighted by molar-refractivity contribution is 7.89. The quantitative estimate of drug-likeness (QED) is 0.362. The molecular formula is C24H30N4O6S. The molecule has 0 bridgehead atoms. The molecule has 2 aromatic carbocycles. The van der Waals surface area contributed by atoms with Gasteiger partial charge in [0.2, 0.25) is 15.9 Å². The number of amides is 1. The van der Waals surface area contributed by atoms with Crippen molar-refractivity contribution in [3.05, 3.63) is 70.3 Å². The van der Waals surface area contributed by atoms with E-state index in [1.807, 2.05) is 36.4 Å². The first kappa shape index (κ1) is 26.3. The molecule has 1 aliphatic heterocycles. The van der Waals surface area contributed by atoms with Crippen LogP contribution in [0.1, 0.15) is 12.5 Å². The Kier molecular flexibility index (Phi) is 8.96. The van der Waals surface area contributed by atoms with Crippen LogP contribution in [-0.4, -0.2) is 86.3 Å². The van der Waals surface area contributed by atoms with E-state index in [1.54, 1.807) is 12.0 Å². The van der Waals surface area contributed by atoms with Gasteiger partial charge in [-0.25, -0.2) is 8.42 Å². The van der Waals surface area contributed by atoms with E-state index >= 15 is 0 Å². The van der Waals surface area contributed by atoms with E-state index in [0.29, 0.717) is 45.8 Å². The van der Waals surface area contributed by atoms with E-state index in [4.69, 9.17) is 4.74 Å². The van der Waals surface area contributed by atoms with Gasteiger partial charge in [0.25, 0.3) is 5.69 Å². The first-order valence-corrected chi connectivity index (χ1v) is 12.7. The van der Waals surface area contributed by atoms with Crippen molar-refractivity contribution in [3.8, 4) is 5.75 Å². The van der Waals surface area contributed by atoms with Gasteiger partial charge in [-0.15, -0.1) is 0 Å². The molecule has 10 nitrogen and oxygen atoms in total. The number of para-hydroxylation sites is 1. The van der Waals surface area contributed by atoms with Gasteiger partial charge in [-0.1, -0.05) is 30.4 Å². The summed E-state index contributed by atoms with van der Waals surface area (Å²) in [6.45, 7) is 4.85. The SMILES string of the molecule is COc1ccccc1/C=C/CN(CCN1CCN(S(=O)(=O)c2ccc([N+](=O)[O-])cc2)CC1)C(C)=O. The molecule has 35 heavy (non-hydrogen) atoms. The van der Waals surface area contributed by atoms with Crippen molar-refractivity contribution in [1.29, 1.82) is 0 Å². The van der Waals surface area contributed by atoms with Gasteiger partial charge in [-0.2, -0.15) is 4.31 Å². The smallest absolute Gasteiger partial charge is 0.269 e. The zero-order valence-electron chi connectivity index (χ0n) is 19.9. The van der Waals surface area contributed by atoms with Crippen molar-refractivity contribution in [2.75, 3.05) is 52.9 Å². The molecule has 0 radical (unpaired) electrons. The van der Waals surface area contributed by atoms with Crippen molar-refractivity contribution in [1.82, 2.24) is 14.1 Å². The minimum absolute atomic E-state index is 0.0333. The maximum absolute atomic E-state index is 12.9. The van der Waals surface area contributed by atoms with Crippen LogP contribution < -0.4 is 4.74 Å². The number of rotatable bonds is 10. The van der Waals surface area contributed by atoms with Crippen LogP contribution in [0.25, 0.3) is 6.08 Å². The van der Waals surface area contributed by atoms with Gasteiger partial charge in [-0.05, 0) is 18.2 Å². The summed E-state index contributed by atoms with van der Waals surface area (Å²) in [7, 11) is -2.10. The van der Waals surface area contributed by atoms with Gasteiger partial charge in [0.15, 0.2) is 0 Å². The highest BCUT2D eigenvalue weighted by Gasteiger charge is 2.29. The molecular weight excluding hydrogens is 472 g/mol. The number of non-ortho nitro benzene ring substituents is 1. The summed E-state index contributed by atoms with van der Waals surface area (Å²) in [5, 5.41) is 10.8. The van der Waals surface area contributed by atoms with E-state index in [-0.39, 0.29) is 16.5 Å². The predicted octanol–water partition coefficient (Wildman–Crippen LogP) is 2.47. The second kappa shape index (κ2) is 11.9. The fourth-order valence-corrected chi connectivity index (χ4v) is 5.26. The maximum atomic E-state index is 12.9. The lowest BCUT2D eigenvalue weighted by molar-refractivity contribution is -0.384. The highest BCUT2D eigenvalue weighted by Crippen LogP contribution is 2.21. The topological polar surface area (TPSA) is 113 Å². The van der Waals surface area contributed by atoms with Crippen molar-refractivity contribution in [2.45, 2.75) is 11.8 Å². The lowest BCUT2D eigenvalue weighted by atomic mass is 10.2. The Balaban J connectivity index is 1.51. The van der Waals surface area contributed by atoms with Crippen LogP contribution in [0.2, 0.25) is 0 Å². The number of ether oxygens (including phenoxy) is 1.